The van der Waals surface area contributed by atoms with E-state index in [1.54, 1.807) is 39.0 Å². The van der Waals surface area contributed by atoms with Crippen LogP contribution in [0.2, 0.25) is 0 Å². The Morgan fingerprint density at radius 2 is 1.45 bits per heavy atom. The number of carbonyl (C=O) groups excluding carboxylic acids is 1. The summed E-state index contributed by atoms with van der Waals surface area (Å²) in [6.07, 6.45) is 2.55. The van der Waals surface area contributed by atoms with Gasteiger partial charge in [0.15, 0.2) is 5.11 Å². The average Bonchev–Trinajstić information content (AvgIpc) is 3.12. The van der Waals surface area contributed by atoms with Crippen molar-refractivity contribution in [3.05, 3.63) is 89.2 Å². The van der Waals surface area contributed by atoms with Crippen LogP contribution in [0.15, 0.2) is 66.7 Å². The number of ether oxygens (including phenoxy) is 2. The van der Waals surface area contributed by atoms with Gasteiger partial charge in [0.25, 0.3) is 0 Å². The highest BCUT2D eigenvalue weighted by Gasteiger charge is 2.27. The van der Waals surface area contributed by atoms with Gasteiger partial charge in [-0.25, -0.2) is 0 Å². The topological polar surface area (TPSA) is 194 Å². The summed E-state index contributed by atoms with van der Waals surface area (Å²) in [5.74, 6) is -2.92. The first-order chi connectivity index (χ1) is 26.4. The first-order valence-corrected chi connectivity index (χ1v) is 18.7. The molecule has 296 valence electrons. The quantitative estimate of drug-likeness (QED) is 0.0547. The number of carboxylic acid groups (broad SMARTS) is 3. The highest BCUT2D eigenvalue weighted by atomic mass is 32.1. The standard InChI is InChI=1S/C39H50N6O9S/c1-2-4-28-9-13-34(14-10-28)54-38(52)15-19-53-20-16-40-39(55)42-30-11-7-29(8-12-30)21-33-24-44(26-36(48)49)18-17-43(25-35(46)47)22-31-5-3-6-32(41-31)23-45(33)27-37(50)51/h3,5-14,33H,2,4,15-27H2,1H3,(H,46,47)(H,48,49)(H,50,51)(H2,40,42,55). The zero-order chi connectivity index (χ0) is 39.6. The van der Waals surface area contributed by atoms with Crippen molar-refractivity contribution in [2.45, 2.75) is 51.7 Å². The molecule has 0 aliphatic carbocycles. The third-order valence-electron chi connectivity index (χ3n) is 8.75. The third-order valence-corrected chi connectivity index (χ3v) is 8.99. The van der Waals surface area contributed by atoms with E-state index >= 15 is 0 Å². The normalized spacial score (nSPS) is 15.6. The maximum Gasteiger partial charge on any atom is 0.317 e. The van der Waals surface area contributed by atoms with Gasteiger partial charge in [0.1, 0.15) is 5.75 Å². The summed E-state index contributed by atoms with van der Waals surface area (Å²) in [4.78, 5) is 57.6. The number of carbonyl (C=O) groups is 4. The minimum Gasteiger partial charge on any atom is -0.480 e. The molecule has 0 spiro atoms. The second kappa shape index (κ2) is 22.4. The first-order valence-electron chi connectivity index (χ1n) is 18.3. The maximum atomic E-state index is 12.1. The fourth-order valence-electron chi connectivity index (χ4n) is 6.21. The second-order valence-corrected chi connectivity index (χ2v) is 13.7. The molecule has 1 aromatic heterocycles. The van der Waals surface area contributed by atoms with Crippen molar-refractivity contribution in [1.82, 2.24) is 25.0 Å². The predicted octanol–water partition coefficient (Wildman–Crippen LogP) is 3.12. The molecule has 2 aromatic carbocycles. The molecule has 1 atom stereocenters. The van der Waals surface area contributed by atoms with E-state index < -0.39 is 23.9 Å². The highest BCUT2D eigenvalue weighted by molar-refractivity contribution is 7.80. The van der Waals surface area contributed by atoms with Crippen molar-refractivity contribution >= 4 is 46.9 Å². The van der Waals surface area contributed by atoms with Gasteiger partial charge in [-0.1, -0.05) is 43.7 Å². The van der Waals surface area contributed by atoms with Gasteiger partial charge < -0.3 is 35.4 Å². The highest BCUT2D eigenvalue weighted by Crippen LogP contribution is 2.19. The minimum atomic E-state index is -1.04. The number of hydrogen-bond donors (Lipinski definition) is 5. The number of anilines is 1. The lowest BCUT2D eigenvalue weighted by Gasteiger charge is -2.36. The van der Waals surface area contributed by atoms with Crippen molar-refractivity contribution in [3.63, 3.8) is 0 Å². The van der Waals surface area contributed by atoms with E-state index in [-0.39, 0.29) is 71.4 Å². The van der Waals surface area contributed by atoms with Crippen LogP contribution in [0.5, 0.6) is 5.75 Å². The van der Waals surface area contributed by atoms with Crippen LogP contribution in [0.3, 0.4) is 0 Å². The number of rotatable bonds is 18. The second-order valence-electron chi connectivity index (χ2n) is 13.3. The molecule has 2 bridgehead atoms. The molecule has 4 rings (SSSR count). The van der Waals surface area contributed by atoms with Crippen LogP contribution < -0.4 is 15.4 Å². The molecule has 1 aliphatic heterocycles. The van der Waals surface area contributed by atoms with E-state index in [0.29, 0.717) is 41.8 Å². The van der Waals surface area contributed by atoms with Crippen LogP contribution in [0.25, 0.3) is 0 Å². The van der Waals surface area contributed by atoms with Gasteiger partial charge in [0.2, 0.25) is 0 Å². The van der Waals surface area contributed by atoms with Crippen LogP contribution in [-0.2, 0) is 49.8 Å². The SMILES string of the molecule is CCCc1ccc(OC(=O)CCOCCNC(=S)Nc2ccc(CC3CN(CC(=O)O)CCN(CC(=O)O)Cc4cccc(n4)CN3CC(=O)O)cc2)cc1. The number of esters is 1. The largest absolute Gasteiger partial charge is 0.480 e. The van der Waals surface area contributed by atoms with E-state index in [1.165, 1.54) is 5.56 Å². The molecule has 3 aromatic rings. The van der Waals surface area contributed by atoms with Gasteiger partial charge in [-0.15, -0.1) is 0 Å². The van der Waals surface area contributed by atoms with E-state index in [1.807, 2.05) is 42.5 Å². The molecule has 55 heavy (non-hydrogen) atoms. The Balaban J connectivity index is 1.31. The zero-order valence-electron chi connectivity index (χ0n) is 31.0. The van der Waals surface area contributed by atoms with Crippen molar-refractivity contribution in [2.24, 2.45) is 0 Å². The molecule has 1 aliphatic rings. The molecule has 2 heterocycles. The number of benzene rings is 2. The molecular weight excluding hydrogens is 729 g/mol. The Kier molecular flexibility index (Phi) is 17.4. The molecule has 0 amide bonds. The maximum absolute atomic E-state index is 12.1. The molecule has 0 saturated heterocycles. The number of hydrogen-bond acceptors (Lipinski definition) is 11. The Morgan fingerprint density at radius 3 is 2.13 bits per heavy atom. The van der Waals surface area contributed by atoms with Crippen LogP contribution >= 0.6 is 12.2 Å². The average molecular weight is 779 g/mol. The van der Waals surface area contributed by atoms with Crippen molar-refractivity contribution in [1.29, 1.82) is 0 Å². The Morgan fingerprint density at radius 1 is 0.818 bits per heavy atom. The van der Waals surface area contributed by atoms with Crippen LogP contribution in [0.1, 0.15) is 42.3 Å². The lowest BCUT2D eigenvalue weighted by Crippen LogP contribution is -2.50. The number of thiocarbonyl (C=S) groups is 1. The van der Waals surface area contributed by atoms with E-state index in [9.17, 15) is 34.5 Å². The fourth-order valence-corrected chi connectivity index (χ4v) is 6.43. The number of aliphatic carboxylic acids is 3. The molecule has 15 nitrogen and oxygen atoms in total. The Bertz CT molecular complexity index is 1730. The number of nitrogens with one attached hydrogen (secondary N) is 2. The van der Waals surface area contributed by atoms with Gasteiger partial charge in [-0.2, -0.15) is 0 Å². The van der Waals surface area contributed by atoms with Gasteiger partial charge in [-0.3, -0.25) is 38.9 Å². The Labute approximate surface area is 326 Å². The summed E-state index contributed by atoms with van der Waals surface area (Å²) in [6, 6.07) is 20.0. The molecule has 5 N–H and O–H groups in total. The van der Waals surface area contributed by atoms with Crippen molar-refractivity contribution < 1.29 is 44.0 Å². The molecule has 0 radical (unpaired) electrons. The summed E-state index contributed by atoms with van der Waals surface area (Å²) in [6.45, 7) is 3.47. The fraction of sp³-hybridized carbons (Fsp3) is 0.436. The van der Waals surface area contributed by atoms with Crippen molar-refractivity contribution in [2.75, 3.05) is 64.3 Å². The molecular formula is C39H50N6O9S. The van der Waals surface area contributed by atoms with Gasteiger partial charge in [0.05, 0.1) is 50.7 Å². The monoisotopic (exact) mass is 778 g/mol. The molecule has 16 heteroatoms. The summed E-state index contributed by atoms with van der Waals surface area (Å²) in [5.41, 5.74) is 4.08. The number of fused-ring (bicyclic) bond motifs is 2. The van der Waals surface area contributed by atoms with Crippen molar-refractivity contribution in [3.8, 4) is 5.75 Å². The number of pyridine rings is 1. The Hall–Kier alpha value is -5.00. The number of aromatic nitrogens is 1. The smallest absolute Gasteiger partial charge is 0.317 e. The summed E-state index contributed by atoms with van der Waals surface area (Å²) >= 11 is 5.44. The minimum absolute atomic E-state index is 0.119. The van der Waals surface area contributed by atoms with Crippen LogP contribution in [0, 0.1) is 0 Å². The van der Waals surface area contributed by atoms with Gasteiger partial charge in [-0.05, 0) is 72.6 Å². The van der Waals surface area contributed by atoms with Crippen LogP contribution in [-0.4, -0.2) is 129 Å². The van der Waals surface area contributed by atoms with E-state index in [0.717, 1.165) is 24.1 Å². The molecule has 0 saturated carbocycles. The van der Waals surface area contributed by atoms with E-state index in [2.05, 4.69) is 17.6 Å². The molecule has 0 fully saturated rings. The number of carboxylic acids is 3. The number of aryl methyl sites for hydroxylation is 1. The number of nitrogens with zero attached hydrogens (tertiary/aromatic N) is 4. The predicted molar refractivity (Wildman–Crippen MR) is 209 cm³/mol. The first kappa shape index (κ1) is 42.7. The zero-order valence-corrected chi connectivity index (χ0v) is 31.8. The van der Waals surface area contributed by atoms with Gasteiger partial charge >= 0.3 is 23.9 Å². The lowest BCUT2D eigenvalue weighted by atomic mass is 10.0. The van der Waals surface area contributed by atoms with Gasteiger partial charge in [0, 0.05) is 51.0 Å². The summed E-state index contributed by atoms with van der Waals surface area (Å²) in [5, 5.41) is 35.7. The third kappa shape index (κ3) is 16.1. The molecule has 1 unspecified atom stereocenters. The lowest BCUT2D eigenvalue weighted by molar-refractivity contribution is -0.141. The summed E-state index contributed by atoms with van der Waals surface area (Å²) < 4.78 is 10.9. The summed E-state index contributed by atoms with van der Waals surface area (Å²) in [7, 11) is 0. The van der Waals surface area contributed by atoms with E-state index in [4.69, 9.17) is 26.7 Å². The van der Waals surface area contributed by atoms with Crippen LogP contribution in [0.4, 0.5) is 5.69 Å².